The summed E-state index contributed by atoms with van der Waals surface area (Å²) in [4.78, 5) is 10.3. The van der Waals surface area contributed by atoms with Gasteiger partial charge in [-0.05, 0) is 31.9 Å². The Morgan fingerprint density at radius 3 is 2.64 bits per heavy atom. The van der Waals surface area contributed by atoms with Gasteiger partial charge in [-0.1, -0.05) is 25.1 Å². The second kappa shape index (κ2) is 10.7. The first-order valence-electron chi connectivity index (χ1n) is 8.80. The summed E-state index contributed by atoms with van der Waals surface area (Å²) < 4.78 is 5.68. The second-order valence-corrected chi connectivity index (χ2v) is 6.94. The topological polar surface area (TPSA) is 58.5 Å². The minimum Gasteiger partial charge on any atom is -0.494 e. The molecule has 0 fully saturated rings. The summed E-state index contributed by atoms with van der Waals surface area (Å²) in [7, 11) is 1.79. The molecule has 0 saturated heterocycles. The molecule has 2 rings (SSSR count). The molecule has 2 N–H and O–H groups in total. The van der Waals surface area contributed by atoms with Crippen molar-refractivity contribution >= 4 is 17.3 Å². The van der Waals surface area contributed by atoms with E-state index in [1.165, 1.54) is 15.6 Å². The van der Waals surface area contributed by atoms with E-state index in [1.54, 1.807) is 18.4 Å². The van der Waals surface area contributed by atoms with Crippen molar-refractivity contribution in [1.29, 1.82) is 0 Å². The van der Waals surface area contributed by atoms with Crippen LogP contribution in [-0.4, -0.2) is 37.7 Å². The number of thiazole rings is 1. The molecule has 0 saturated carbocycles. The molecule has 0 unspecified atom stereocenters. The molecule has 0 bridgehead atoms. The average Bonchev–Trinajstić information content (AvgIpc) is 3.00. The van der Waals surface area contributed by atoms with E-state index in [4.69, 9.17) is 4.74 Å². The molecule has 1 aromatic heterocycles. The maximum atomic E-state index is 5.68. The molecule has 0 aliphatic carbocycles. The van der Waals surface area contributed by atoms with E-state index in [1.807, 2.05) is 30.3 Å². The van der Waals surface area contributed by atoms with Gasteiger partial charge >= 0.3 is 0 Å². The van der Waals surface area contributed by atoms with E-state index in [9.17, 15) is 0 Å². The summed E-state index contributed by atoms with van der Waals surface area (Å²) >= 11 is 1.79. The number of benzene rings is 1. The van der Waals surface area contributed by atoms with Crippen LogP contribution >= 0.6 is 11.3 Å². The van der Waals surface area contributed by atoms with Gasteiger partial charge in [-0.25, -0.2) is 4.98 Å². The van der Waals surface area contributed by atoms with E-state index in [-0.39, 0.29) is 0 Å². The summed E-state index contributed by atoms with van der Waals surface area (Å²) in [6.45, 7) is 6.63. The summed E-state index contributed by atoms with van der Waals surface area (Å²) in [5.41, 5.74) is 1.22. The van der Waals surface area contributed by atoms with Gasteiger partial charge in [-0.15, -0.1) is 11.3 Å². The minimum absolute atomic E-state index is 0.687. The van der Waals surface area contributed by atoms with E-state index < -0.39 is 0 Å². The molecule has 25 heavy (non-hydrogen) atoms. The standard InChI is InChI=1S/C19H28N4OS/c1-4-17-15(2)25-18(23-17)11-13-22-19(20-3)21-12-8-14-24-16-9-6-5-7-10-16/h5-7,9-10H,4,8,11-14H2,1-3H3,(H2,20,21,22). The third-order valence-electron chi connectivity index (χ3n) is 3.75. The van der Waals surface area contributed by atoms with Crippen LogP contribution in [0.4, 0.5) is 0 Å². The van der Waals surface area contributed by atoms with Crippen LogP contribution in [0.2, 0.25) is 0 Å². The van der Waals surface area contributed by atoms with Crippen molar-refractivity contribution in [2.24, 2.45) is 4.99 Å². The van der Waals surface area contributed by atoms with Crippen molar-refractivity contribution in [3.05, 3.63) is 45.9 Å². The van der Waals surface area contributed by atoms with Gasteiger partial charge in [0, 0.05) is 31.4 Å². The fraction of sp³-hybridized carbons (Fsp3) is 0.474. The number of aliphatic imine (C=N–C) groups is 1. The fourth-order valence-corrected chi connectivity index (χ4v) is 3.44. The van der Waals surface area contributed by atoms with Crippen molar-refractivity contribution in [3.8, 4) is 5.75 Å². The van der Waals surface area contributed by atoms with Crippen LogP contribution in [0.15, 0.2) is 35.3 Å². The molecular formula is C19H28N4OS. The van der Waals surface area contributed by atoms with Crippen LogP contribution in [0, 0.1) is 6.92 Å². The van der Waals surface area contributed by atoms with Crippen molar-refractivity contribution < 1.29 is 4.74 Å². The SMILES string of the molecule is CCc1nc(CCNC(=NC)NCCCOc2ccccc2)sc1C. The largest absolute Gasteiger partial charge is 0.494 e. The van der Waals surface area contributed by atoms with E-state index >= 15 is 0 Å². The number of nitrogens with one attached hydrogen (secondary N) is 2. The Kier molecular flexibility index (Phi) is 8.25. The van der Waals surface area contributed by atoms with Gasteiger partial charge in [0.15, 0.2) is 5.96 Å². The molecule has 136 valence electrons. The van der Waals surface area contributed by atoms with Crippen LogP contribution in [0.25, 0.3) is 0 Å². The Hall–Kier alpha value is -2.08. The average molecular weight is 361 g/mol. The van der Waals surface area contributed by atoms with Crippen LogP contribution in [0.3, 0.4) is 0 Å². The number of aryl methyl sites for hydroxylation is 2. The summed E-state index contributed by atoms with van der Waals surface area (Å²) in [5, 5.41) is 7.84. The monoisotopic (exact) mass is 360 g/mol. The molecule has 0 atom stereocenters. The number of aromatic nitrogens is 1. The molecule has 0 amide bonds. The van der Waals surface area contributed by atoms with Crippen LogP contribution < -0.4 is 15.4 Å². The lowest BCUT2D eigenvalue weighted by Crippen LogP contribution is -2.39. The Labute approximate surface area is 154 Å². The molecule has 6 heteroatoms. The fourth-order valence-electron chi connectivity index (χ4n) is 2.42. The number of nitrogens with zero attached hydrogens (tertiary/aromatic N) is 2. The van der Waals surface area contributed by atoms with Gasteiger partial charge in [0.1, 0.15) is 5.75 Å². The van der Waals surface area contributed by atoms with Gasteiger partial charge in [0.05, 0.1) is 17.3 Å². The minimum atomic E-state index is 0.687. The Balaban J connectivity index is 1.60. The molecule has 0 aliphatic heterocycles. The smallest absolute Gasteiger partial charge is 0.190 e. The van der Waals surface area contributed by atoms with Crippen LogP contribution in [-0.2, 0) is 12.8 Å². The zero-order valence-corrected chi connectivity index (χ0v) is 16.2. The number of hydrogen-bond donors (Lipinski definition) is 2. The Morgan fingerprint density at radius 2 is 1.96 bits per heavy atom. The first kappa shape index (κ1) is 19.2. The third-order valence-corrected chi connectivity index (χ3v) is 4.83. The van der Waals surface area contributed by atoms with Gasteiger partial charge in [-0.2, -0.15) is 0 Å². The number of ether oxygens (including phenoxy) is 1. The highest BCUT2D eigenvalue weighted by Gasteiger charge is 2.06. The van der Waals surface area contributed by atoms with Gasteiger partial charge in [0.25, 0.3) is 0 Å². The maximum Gasteiger partial charge on any atom is 0.190 e. The van der Waals surface area contributed by atoms with Crippen molar-refractivity contribution in [3.63, 3.8) is 0 Å². The molecule has 0 aliphatic rings. The molecule has 5 nitrogen and oxygen atoms in total. The summed E-state index contributed by atoms with van der Waals surface area (Å²) in [6, 6.07) is 9.88. The van der Waals surface area contributed by atoms with E-state index in [0.717, 1.165) is 44.1 Å². The highest BCUT2D eigenvalue weighted by atomic mass is 32.1. The van der Waals surface area contributed by atoms with Crippen LogP contribution in [0.5, 0.6) is 5.75 Å². The molecule has 0 radical (unpaired) electrons. The summed E-state index contributed by atoms with van der Waals surface area (Å²) in [6.07, 6.45) is 2.84. The van der Waals surface area contributed by atoms with Gasteiger partial charge in [0.2, 0.25) is 0 Å². The van der Waals surface area contributed by atoms with Crippen LogP contribution in [0.1, 0.15) is 28.9 Å². The first-order valence-corrected chi connectivity index (χ1v) is 9.62. The van der Waals surface area contributed by atoms with E-state index in [0.29, 0.717) is 6.61 Å². The first-order chi connectivity index (χ1) is 12.2. The molecule has 0 spiro atoms. The predicted molar refractivity (Wildman–Crippen MR) is 106 cm³/mol. The number of guanidine groups is 1. The van der Waals surface area contributed by atoms with Crippen molar-refractivity contribution in [2.45, 2.75) is 33.1 Å². The molecule has 2 aromatic rings. The van der Waals surface area contributed by atoms with Crippen molar-refractivity contribution in [2.75, 3.05) is 26.7 Å². The Bertz CT molecular complexity index is 655. The van der Waals surface area contributed by atoms with Crippen molar-refractivity contribution in [1.82, 2.24) is 15.6 Å². The third kappa shape index (κ3) is 6.74. The van der Waals surface area contributed by atoms with E-state index in [2.05, 4.69) is 34.5 Å². The molecular weight excluding hydrogens is 332 g/mol. The highest BCUT2D eigenvalue weighted by Crippen LogP contribution is 2.17. The lowest BCUT2D eigenvalue weighted by atomic mass is 10.3. The lowest BCUT2D eigenvalue weighted by Gasteiger charge is -2.11. The molecule has 1 aromatic carbocycles. The van der Waals surface area contributed by atoms with Gasteiger partial charge < -0.3 is 15.4 Å². The zero-order chi connectivity index (χ0) is 17.9. The normalized spacial score (nSPS) is 11.4. The number of hydrogen-bond acceptors (Lipinski definition) is 4. The molecule has 1 heterocycles. The highest BCUT2D eigenvalue weighted by molar-refractivity contribution is 7.11. The number of para-hydroxylation sites is 1. The maximum absolute atomic E-state index is 5.68. The summed E-state index contributed by atoms with van der Waals surface area (Å²) in [5.74, 6) is 1.74. The quantitative estimate of drug-likeness (QED) is 0.410. The lowest BCUT2D eigenvalue weighted by molar-refractivity contribution is 0.311. The second-order valence-electron chi connectivity index (χ2n) is 5.65. The zero-order valence-electron chi connectivity index (χ0n) is 15.3. The van der Waals surface area contributed by atoms with Gasteiger partial charge in [-0.3, -0.25) is 4.99 Å². The number of rotatable bonds is 9. The predicted octanol–water partition coefficient (Wildman–Crippen LogP) is 3.19. The Morgan fingerprint density at radius 1 is 1.20 bits per heavy atom.